The summed E-state index contributed by atoms with van der Waals surface area (Å²) in [6.07, 6.45) is 0.919. The molecule has 3 heterocycles. The highest BCUT2D eigenvalue weighted by Gasteiger charge is 2.56. The fourth-order valence-electron chi connectivity index (χ4n) is 2.61. The van der Waals surface area contributed by atoms with Crippen LogP contribution < -0.4 is 10.2 Å². The number of carbonyl (C=O) groups excluding carboxylic acids is 2. The number of nitrogens with zero attached hydrogens (tertiary/aromatic N) is 2. The molecule has 0 aromatic heterocycles. The summed E-state index contributed by atoms with van der Waals surface area (Å²) in [7, 11) is 0. The third-order valence-electron chi connectivity index (χ3n) is 3.55. The summed E-state index contributed by atoms with van der Waals surface area (Å²) in [5.74, 6) is -0.571. The Morgan fingerprint density at radius 2 is 2.06 bits per heavy atom. The van der Waals surface area contributed by atoms with Crippen LogP contribution in [0, 0.1) is 11.3 Å². The lowest BCUT2D eigenvalue weighted by molar-refractivity contribution is -0.140. The quantitative estimate of drug-likeness (QED) is 0.781. The van der Waals surface area contributed by atoms with E-state index in [9.17, 15) is 14.9 Å². The molecule has 2 amide bonds. The number of anilines is 1. The Kier molecular flexibility index (Phi) is 2.14. The zero-order valence-corrected chi connectivity index (χ0v) is 9.59. The van der Waals surface area contributed by atoms with Gasteiger partial charge in [-0.15, -0.1) is 0 Å². The van der Waals surface area contributed by atoms with Crippen LogP contribution in [-0.4, -0.2) is 23.4 Å². The number of fused-ring (bicyclic) bond motifs is 3. The first kappa shape index (κ1) is 10.8. The summed E-state index contributed by atoms with van der Waals surface area (Å²) in [6.45, 7) is 0. The maximum Gasteiger partial charge on any atom is 0.268 e. The van der Waals surface area contributed by atoms with Crippen molar-refractivity contribution in [2.75, 3.05) is 4.90 Å². The maximum atomic E-state index is 12.4. The number of piperazine rings is 1. The molecule has 5 heteroatoms. The largest absolute Gasteiger partial charge is 0.328 e. The SMILES string of the molecule is N#CC12CCC(C(=O)N1)N(c1ccccc1)C2=O. The molecule has 2 bridgehead atoms. The van der Waals surface area contributed by atoms with E-state index in [1.165, 1.54) is 4.90 Å². The molecule has 3 aliphatic heterocycles. The average molecular weight is 241 g/mol. The molecule has 3 saturated heterocycles. The smallest absolute Gasteiger partial charge is 0.268 e. The Morgan fingerprint density at radius 1 is 1.33 bits per heavy atom. The standard InChI is InChI=1S/C13H11N3O2/c14-8-13-7-6-10(11(17)15-13)16(12(13)18)9-4-2-1-3-5-9/h1-5,10H,6-7H2,(H,15,17). The Labute approximate surface area is 104 Å². The van der Waals surface area contributed by atoms with Crippen LogP contribution in [0.1, 0.15) is 12.8 Å². The first-order chi connectivity index (χ1) is 8.68. The first-order valence-corrected chi connectivity index (χ1v) is 5.80. The van der Waals surface area contributed by atoms with Crippen LogP contribution >= 0.6 is 0 Å². The molecule has 3 aliphatic rings. The monoisotopic (exact) mass is 241 g/mol. The Morgan fingerprint density at radius 3 is 2.67 bits per heavy atom. The molecule has 2 atom stereocenters. The van der Waals surface area contributed by atoms with Gasteiger partial charge in [0.15, 0.2) is 0 Å². The zero-order valence-electron chi connectivity index (χ0n) is 9.59. The van der Waals surface area contributed by atoms with E-state index in [2.05, 4.69) is 5.32 Å². The predicted molar refractivity (Wildman–Crippen MR) is 63.4 cm³/mol. The summed E-state index contributed by atoms with van der Waals surface area (Å²) < 4.78 is 0. The minimum atomic E-state index is -1.37. The van der Waals surface area contributed by atoms with Gasteiger partial charge in [0.1, 0.15) is 12.1 Å². The number of amides is 2. The van der Waals surface area contributed by atoms with E-state index in [0.29, 0.717) is 18.5 Å². The number of hydrogen-bond donors (Lipinski definition) is 1. The number of piperidine rings is 2. The molecule has 0 spiro atoms. The van der Waals surface area contributed by atoms with Crippen LogP contribution in [0.2, 0.25) is 0 Å². The Hall–Kier alpha value is -2.35. The van der Waals surface area contributed by atoms with Gasteiger partial charge in [0, 0.05) is 5.69 Å². The predicted octanol–water partition coefficient (Wildman–Crippen LogP) is 0.574. The van der Waals surface area contributed by atoms with Crippen molar-refractivity contribution in [1.82, 2.24) is 5.32 Å². The van der Waals surface area contributed by atoms with Crippen molar-refractivity contribution in [3.8, 4) is 6.07 Å². The van der Waals surface area contributed by atoms with Gasteiger partial charge < -0.3 is 5.32 Å². The molecule has 2 unspecified atom stereocenters. The van der Waals surface area contributed by atoms with Gasteiger partial charge >= 0.3 is 0 Å². The van der Waals surface area contributed by atoms with E-state index in [1.54, 1.807) is 12.1 Å². The molecule has 4 rings (SSSR count). The summed E-state index contributed by atoms with van der Waals surface area (Å²) >= 11 is 0. The number of rotatable bonds is 1. The van der Waals surface area contributed by atoms with Crippen molar-refractivity contribution in [2.45, 2.75) is 24.4 Å². The van der Waals surface area contributed by atoms with Crippen LogP contribution in [0.25, 0.3) is 0 Å². The van der Waals surface area contributed by atoms with E-state index in [-0.39, 0.29) is 11.8 Å². The summed E-state index contributed by atoms with van der Waals surface area (Å²) in [5, 5.41) is 11.7. The van der Waals surface area contributed by atoms with Crippen LogP contribution in [0.15, 0.2) is 30.3 Å². The van der Waals surface area contributed by atoms with E-state index in [4.69, 9.17) is 0 Å². The van der Waals surface area contributed by atoms with Crippen LogP contribution in [0.5, 0.6) is 0 Å². The van der Waals surface area contributed by atoms with Gasteiger partial charge in [-0.05, 0) is 25.0 Å². The summed E-state index contributed by atoms with van der Waals surface area (Å²) in [4.78, 5) is 25.7. The topological polar surface area (TPSA) is 73.2 Å². The number of hydrogen-bond acceptors (Lipinski definition) is 3. The normalized spacial score (nSPS) is 29.9. The number of nitrogens with one attached hydrogen (secondary N) is 1. The van der Waals surface area contributed by atoms with Crippen molar-refractivity contribution in [3.63, 3.8) is 0 Å². The minimum absolute atomic E-state index is 0.244. The number of carbonyl (C=O) groups is 2. The lowest BCUT2D eigenvalue weighted by Gasteiger charge is -2.47. The first-order valence-electron chi connectivity index (χ1n) is 5.80. The molecule has 1 aromatic rings. The minimum Gasteiger partial charge on any atom is -0.328 e. The molecule has 90 valence electrons. The molecule has 3 fully saturated rings. The van der Waals surface area contributed by atoms with Gasteiger partial charge in [0.25, 0.3) is 5.91 Å². The third-order valence-corrected chi connectivity index (χ3v) is 3.55. The van der Waals surface area contributed by atoms with Gasteiger partial charge in [-0.2, -0.15) is 5.26 Å². The highest BCUT2D eigenvalue weighted by Crippen LogP contribution is 2.35. The zero-order chi connectivity index (χ0) is 12.8. The lowest BCUT2D eigenvalue weighted by atomic mass is 9.80. The number of nitriles is 1. The second-order valence-electron chi connectivity index (χ2n) is 4.57. The molecule has 0 aliphatic carbocycles. The van der Waals surface area contributed by atoms with Gasteiger partial charge in [-0.25, -0.2) is 0 Å². The lowest BCUT2D eigenvalue weighted by Crippen LogP contribution is -2.74. The summed E-state index contributed by atoms with van der Waals surface area (Å²) in [5.41, 5.74) is -0.705. The van der Waals surface area contributed by atoms with Gasteiger partial charge in [-0.1, -0.05) is 18.2 Å². The Balaban J connectivity index is 2.09. The van der Waals surface area contributed by atoms with E-state index in [0.717, 1.165) is 0 Å². The fraction of sp³-hybridized carbons (Fsp3) is 0.308. The molecule has 0 saturated carbocycles. The van der Waals surface area contributed by atoms with E-state index < -0.39 is 11.6 Å². The van der Waals surface area contributed by atoms with Crippen molar-refractivity contribution in [3.05, 3.63) is 30.3 Å². The second-order valence-corrected chi connectivity index (χ2v) is 4.57. The second kappa shape index (κ2) is 3.57. The van der Waals surface area contributed by atoms with Crippen LogP contribution in [0.4, 0.5) is 5.69 Å². The highest BCUT2D eigenvalue weighted by molar-refractivity contribution is 6.13. The van der Waals surface area contributed by atoms with Crippen LogP contribution in [-0.2, 0) is 9.59 Å². The molecular weight excluding hydrogens is 230 g/mol. The molecule has 0 radical (unpaired) electrons. The fourth-order valence-corrected chi connectivity index (χ4v) is 2.61. The molecule has 18 heavy (non-hydrogen) atoms. The van der Waals surface area contributed by atoms with E-state index >= 15 is 0 Å². The van der Waals surface area contributed by atoms with Crippen LogP contribution in [0.3, 0.4) is 0 Å². The summed E-state index contributed by atoms with van der Waals surface area (Å²) in [6, 6.07) is 10.5. The van der Waals surface area contributed by atoms with Crippen molar-refractivity contribution in [1.29, 1.82) is 5.26 Å². The van der Waals surface area contributed by atoms with Crippen molar-refractivity contribution in [2.24, 2.45) is 0 Å². The number of benzene rings is 1. The maximum absolute atomic E-state index is 12.4. The van der Waals surface area contributed by atoms with Gasteiger partial charge in [-0.3, -0.25) is 14.5 Å². The Bertz CT molecular complexity index is 563. The van der Waals surface area contributed by atoms with Crippen molar-refractivity contribution >= 4 is 17.5 Å². The highest BCUT2D eigenvalue weighted by atomic mass is 16.2. The average Bonchev–Trinajstić information content (AvgIpc) is 2.41. The van der Waals surface area contributed by atoms with Gasteiger partial charge in [0.05, 0.1) is 0 Å². The van der Waals surface area contributed by atoms with E-state index in [1.807, 2.05) is 24.3 Å². The molecule has 1 N–H and O–H groups in total. The number of para-hydroxylation sites is 1. The third kappa shape index (κ3) is 1.26. The van der Waals surface area contributed by atoms with Gasteiger partial charge in [0.2, 0.25) is 11.4 Å². The molecule has 5 nitrogen and oxygen atoms in total. The van der Waals surface area contributed by atoms with Crippen molar-refractivity contribution < 1.29 is 9.59 Å². The molecule has 1 aromatic carbocycles. The molecular formula is C13H11N3O2.